The standard InChI is InChI=1S/C17H25F3N4/c1-21-16(23-11-14-4-3-9-24(2)12-14)22-10-13-5-7-15(8-6-13)17(18,19)20/h5-8,14H,3-4,9-12H2,1-2H3,(H2,21,22,23). The minimum atomic E-state index is -4.29. The first kappa shape index (κ1) is 18.6. The normalized spacial score (nSPS) is 20.0. The lowest BCUT2D eigenvalue weighted by Gasteiger charge is -2.30. The summed E-state index contributed by atoms with van der Waals surface area (Å²) in [6.07, 6.45) is -1.88. The molecule has 2 N–H and O–H groups in total. The molecular weight excluding hydrogens is 317 g/mol. The Labute approximate surface area is 141 Å². The van der Waals surface area contributed by atoms with Gasteiger partial charge in [-0.3, -0.25) is 4.99 Å². The van der Waals surface area contributed by atoms with Crippen molar-refractivity contribution >= 4 is 5.96 Å². The van der Waals surface area contributed by atoms with Crippen LogP contribution in [0, 0.1) is 5.92 Å². The van der Waals surface area contributed by atoms with Gasteiger partial charge in [-0.05, 0) is 50.0 Å². The molecule has 1 fully saturated rings. The second-order valence-electron chi connectivity index (χ2n) is 6.27. The Bertz CT molecular complexity index is 540. The van der Waals surface area contributed by atoms with Gasteiger partial charge >= 0.3 is 6.18 Å². The van der Waals surface area contributed by atoms with Gasteiger partial charge in [0.25, 0.3) is 0 Å². The number of piperidine rings is 1. The summed E-state index contributed by atoms with van der Waals surface area (Å²) < 4.78 is 37.6. The fourth-order valence-electron chi connectivity index (χ4n) is 2.90. The molecule has 4 nitrogen and oxygen atoms in total. The van der Waals surface area contributed by atoms with Crippen molar-refractivity contribution < 1.29 is 13.2 Å². The van der Waals surface area contributed by atoms with E-state index in [-0.39, 0.29) is 0 Å². The third-order valence-electron chi connectivity index (χ3n) is 4.25. The Morgan fingerprint density at radius 2 is 1.96 bits per heavy atom. The maximum absolute atomic E-state index is 12.5. The zero-order chi connectivity index (χ0) is 17.6. The average molecular weight is 342 g/mol. The van der Waals surface area contributed by atoms with Crippen LogP contribution < -0.4 is 10.6 Å². The molecule has 0 spiro atoms. The van der Waals surface area contributed by atoms with Gasteiger partial charge in [-0.2, -0.15) is 13.2 Å². The van der Waals surface area contributed by atoms with Crippen molar-refractivity contribution in [3.05, 3.63) is 35.4 Å². The molecule has 1 aliphatic heterocycles. The number of benzene rings is 1. The van der Waals surface area contributed by atoms with Gasteiger partial charge < -0.3 is 15.5 Å². The summed E-state index contributed by atoms with van der Waals surface area (Å²) in [7, 11) is 3.82. The molecule has 1 atom stereocenters. The van der Waals surface area contributed by atoms with Crippen LogP contribution in [0.1, 0.15) is 24.0 Å². The predicted octanol–water partition coefficient (Wildman–Crippen LogP) is 2.71. The van der Waals surface area contributed by atoms with Crippen LogP contribution in [0.15, 0.2) is 29.3 Å². The highest BCUT2D eigenvalue weighted by molar-refractivity contribution is 5.79. The molecule has 1 aromatic rings. The number of alkyl halides is 3. The van der Waals surface area contributed by atoms with E-state index in [1.165, 1.54) is 25.0 Å². The van der Waals surface area contributed by atoms with Crippen LogP contribution >= 0.6 is 0 Å². The third-order valence-corrected chi connectivity index (χ3v) is 4.25. The number of guanidine groups is 1. The summed E-state index contributed by atoms with van der Waals surface area (Å²) in [5.74, 6) is 1.26. The van der Waals surface area contributed by atoms with E-state index in [0.29, 0.717) is 18.4 Å². The fraction of sp³-hybridized carbons (Fsp3) is 0.588. The van der Waals surface area contributed by atoms with Gasteiger partial charge in [-0.25, -0.2) is 0 Å². The lowest BCUT2D eigenvalue weighted by Crippen LogP contribution is -2.43. The highest BCUT2D eigenvalue weighted by atomic mass is 19.4. The van der Waals surface area contributed by atoms with Crippen LogP contribution in [-0.4, -0.2) is 44.6 Å². The largest absolute Gasteiger partial charge is 0.416 e. The van der Waals surface area contributed by atoms with Gasteiger partial charge in [0.1, 0.15) is 0 Å². The van der Waals surface area contributed by atoms with Crippen molar-refractivity contribution in [1.29, 1.82) is 0 Å². The third kappa shape index (κ3) is 5.70. The summed E-state index contributed by atoms with van der Waals surface area (Å²) in [6.45, 7) is 3.50. The molecule has 0 aromatic heterocycles. The van der Waals surface area contributed by atoms with Gasteiger partial charge in [-0.15, -0.1) is 0 Å². The molecular formula is C17H25F3N4. The van der Waals surface area contributed by atoms with Crippen molar-refractivity contribution in [2.45, 2.75) is 25.6 Å². The number of likely N-dealkylation sites (tertiary alicyclic amines) is 1. The highest BCUT2D eigenvalue weighted by Crippen LogP contribution is 2.29. The SMILES string of the molecule is CN=C(NCc1ccc(C(F)(F)F)cc1)NCC1CCCN(C)C1. The molecule has 2 rings (SSSR count). The summed E-state index contributed by atoms with van der Waals surface area (Å²) >= 11 is 0. The molecule has 1 unspecified atom stereocenters. The van der Waals surface area contributed by atoms with Crippen molar-refractivity contribution in [1.82, 2.24) is 15.5 Å². The van der Waals surface area contributed by atoms with Crippen LogP contribution in [0.5, 0.6) is 0 Å². The van der Waals surface area contributed by atoms with E-state index in [9.17, 15) is 13.2 Å². The number of hydrogen-bond acceptors (Lipinski definition) is 2. The number of hydrogen-bond donors (Lipinski definition) is 2. The monoisotopic (exact) mass is 342 g/mol. The first-order chi connectivity index (χ1) is 11.4. The van der Waals surface area contributed by atoms with Gasteiger partial charge in [0.15, 0.2) is 5.96 Å². The molecule has 0 amide bonds. The Balaban J connectivity index is 1.79. The van der Waals surface area contributed by atoms with E-state index in [4.69, 9.17) is 0 Å². The lowest BCUT2D eigenvalue weighted by molar-refractivity contribution is -0.137. The average Bonchev–Trinajstić information content (AvgIpc) is 2.55. The fourth-order valence-corrected chi connectivity index (χ4v) is 2.90. The molecule has 0 bridgehead atoms. The molecule has 1 heterocycles. The number of halogens is 3. The lowest BCUT2D eigenvalue weighted by atomic mass is 9.99. The predicted molar refractivity (Wildman–Crippen MR) is 89.9 cm³/mol. The Hall–Kier alpha value is -1.76. The molecule has 0 radical (unpaired) electrons. The van der Waals surface area contributed by atoms with Crippen molar-refractivity contribution in [3.63, 3.8) is 0 Å². The summed E-state index contributed by atoms with van der Waals surface area (Å²) in [4.78, 5) is 6.49. The zero-order valence-corrected chi connectivity index (χ0v) is 14.2. The number of rotatable bonds is 4. The second-order valence-corrected chi connectivity index (χ2v) is 6.27. The molecule has 7 heteroatoms. The first-order valence-electron chi connectivity index (χ1n) is 8.17. The topological polar surface area (TPSA) is 39.7 Å². The number of aliphatic imine (C=N–C) groups is 1. The molecule has 1 saturated heterocycles. The van der Waals surface area contributed by atoms with Gasteiger partial charge in [0.2, 0.25) is 0 Å². The van der Waals surface area contributed by atoms with Crippen LogP contribution in [0.3, 0.4) is 0 Å². The van der Waals surface area contributed by atoms with Crippen LogP contribution in [0.2, 0.25) is 0 Å². The smallest absolute Gasteiger partial charge is 0.356 e. The molecule has 24 heavy (non-hydrogen) atoms. The first-order valence-corrected chi connectivity index (χ1v) is 8.17. The minimum Gasteiger partial charge on any atom is -0.356 e. The molecule has 0 saturated carbocycles. The van der Waals surface area contributed by atoms with E-state index < -0.39 is 11.7 Å². The summed E-state index contributed by atoms with van der Waals surface area (Å²) in [5, 5.41) is 6.44. The van der Waals surface area contributed by atoms with E-state index in [0.717, 1.165) is 37.3 Å². The molecule has 1 aliphatic rings. The highest BCUT2D eigenvalue weighted by Gasteiger charge is 2.29. The van der Waals surface area contributed by atoms with Crippen molar-refractivity contribution in [2.24, 2.45) is 10.9 Å². The van der Waals surface area contributed by atoms with Gasteiger partial charge in [0, 0.05) is 26.7 Å². The maximum atomic E-state index is 12.5. The van der Waals surface area contributed by atoms with Crippen LogP contribution in [0.25, 0.3) is 0 Å². The Morgan fingerprint density at radius 1 is 1.25 bits per heavy atom. The zero-order valence-electron chi connectivity index (χ0n) is 14.2. The van der Waals surface area contributed by atoms with E-state index in [2.05, 4.69) is 27.6 Å². The van der Waals surface area contributed by atoms with E-state index in [1.54, 1.807) is 7.05 Å². The van der Waals surface area contributed by atoms with Crippen LogP contribution in [-0.2, 0) is 12.7 Å². The Morgan fingerprint density at radius 3 is 2.54 bits per heavy atom. The van der Waals surface area contributed by atoms with Crippen molar-refractivity contribution in [3.8, 4) is 0 Å². The van der Waals surface area contributed by atoms with E-state index in [1.807, 2.05) is 0 Å². The molecule has 0 aliphatic carbocycles. The summed E-state index contributed by atoms with van der Waals surface area (Å²) in [6, 6.07) is 5.18. The van der Waals surface area contributed by atoms with E-state index >= 15 is 0 Å². The second kappa shape index (κ2) is 8.37. The van der Waals surface area contributed by atoms with Gasteiger partial charge in [0.05, 0.1) is 5.56 Å². The minimum absolute atomic E-state index is 0.433. The quantitative estimate of drug-likeness (QED) is 0.653. The Kier molecular flexibility index (Phi) is 6.48. The summed E-state index contributed by atoms with van der Waals surface area (Å²) in [5.41, 5.74) is 0.151. The van der Waals surface area contributed by atoms with Gasteiger partial charge in [-0.1, -0.05) is 12.1 Å². The molecule has 134 valence electrons. The maximum Gasteiger partial charge on any atom is 0.416 e. The number of nitrogens with one attached hydrogen (secondary N) is 2. The van der Waals surface area contributed by atoms with Crippen molar-refractivity contribution in [2.75, 3.05) is 33.7 Å². The number of nitrogens with zero attached hydrogens (tertiary/aromatic N) is 2. The van der Waals surface area contributed by atoms with Crippen LogP contribution in [0.4, 0.5) is 13.2 Å². The molecule has 1 aromatic carbocycles.